The van der Waals surface area contributed by atoms with Gasteiger partial charge in [0.05, 0.1) is 6.61 Å². The van der Waals surface area contributed by atoms with E-state index in [1.54, 1.807) is 26.0 Å². The topological polar surface area (TPSA) is 140 Å². The van der Waals surface area contributed by atoms with E-state index in [0.717, 1.165) is 25.7 Å². The lowest BCUT2D eigenvalue weighted by Gasteiger charge is -2.22. The molecule has 0 aliphatic rings. The Bertz CT molecular complexity index is 963. The van der Waals surface area contributed by atoms with Crippen molar-refractivity contribution in [3.8, 4) is 11.5 Å². The summed E-state index contributed by atoms with van der Waals surface area (Å²) < 4.78 is 26.7. The van der Waals surface area contributed by atoms with Crippen LogP contribution >= 0.6 is 0 Å². The van der Waals surface area contributed by atoms with Gasteiger partial charge in [0.15, 0.2) is 11.5 Å². The van der Waals surface area contributed by atoms with Gasteiger partial charge < -0.3 is 29.4 Å². The van der Waals surface area contributed by atoms with Crippen molar-refractivity contribution in [1.82, 2.24) is 0 Å². The minimum Gasteiger partial charge on any atom is -0.458 e. The van der Waals surface area contributed by atoms with E-state index in [1.165, 1.54) is 6.07 Å². The average Bonchev–Trinajstić information content (AvgIpc) is 2.90. The van der Waals surface area contributed by atoms with Crippen molar-refractivity contribution in [3.63, 3.8) is 0 Å². The van der Waals surface area contributed by atoms with Crippen LogP contribution in [0.5, 0.6) is 11.5 Å². The van der Waals surface area contributed by atoms with Gasteiger partial charge in [0.2, 0.25) is 0 Å². The van der Waals surface area contributed by atoms with E-state index in [0.29, 0.717) is 30.7 Å². The molecule has 10 heteroatoms. The third kappa shape index (κ3) is 15.4. The highest BCUT2D eigenvalue weighted by atomic mass is 16.7. The van der Waals surface area contributed by atoms with Gasteiger partial charge in [0.1, 0.15) is 18.2 Å². The van der Waals surface area contributed by atoms with Crippen LogP contribution < -0.4 is 15.2 Å². The van der Waals surface area contributed by atoms with Crippen molar-refractivity contribution in [3.05, 3.63) is 23.8 Å². The van der Waals surface area contributed by atoms with E-state index < -0.39 is 42.3 Å². The molecule has 0 bridgehead atoms. The normalized spacial score (nSPS) is 13.2. The van der Waals surface area contributed by atoms with Crippen LogP contribution in [0.25, 0.3) is 0 Å². The van der Waals surface area contributed by atoms with Gasteiger partial charge in [-0.2, -0.15) is 0 Å². The molecule has 1 aromatic rings. The molecule has 0 saturated heterocycles. The molecule has 2 N–H and O–H groups in total. The van der Waals surface area contributed by atoms with Crippen LogP contribution in [0.4, 0.5) is 4.79 Å². The molecule has 0 heterocycles. The van der Waals surface area contributed by atoms with Crippen LogP contribution in [0, 0.1) is 5.92 Å². The molecule has 0 aliphatic heterocycles. The molecule has 0 aromatic heterocycles. The summed E-state index contributed by atoms with van der Waals surface area (Å²) in [5, 5.41) is 0. The largest absolute Gasteiger partial charge is 0.508 e. The monoisotopic (exact) mass is 579 g/mol. The number of carbonyl (C=O) groups is 4. The van der Waals surface area contributed by atoms with Crippen molar-refractivity contribution in [1.29, 1.82) is 0 Å². The molecule has 0 radical (unpaired) electrons. The maximum absolute atomic E-state index is 12.7. The predicted molar refractivity (Wildman–Crippen MR) is 155 cm³/mol. The highest BCUT2D eigenvalue weighted by molar-refractivity contribution is 5.77. The summed E-state index contributed by atoms with van der Waals surface area (Å²) in [5.74, 6) is -0.921. The number of nitrogens with two attached hydrogens (primary N) is 1. The number of hydrogen-bond donors (Lipinski definition) is 1. The summed E-state index contributed by atoms with van der Waals surface area (Å²) >= 11 is 0. The molecule has 1 rings (SSSR count). The fraction of sp³-hybridized carbons (Fsp3) is 0.677. The number of hydrogen-bond acceptors (Lipinski definition) is 10. The van der Waals surface area contributed by atoms with Gasteiger partial charge in [-0.3, -0.25) is 14.4 Å². The van der Waals surface area contributed by atoms with E-state index in [1.807, 2.05) is 27.7 Å². The van der Waals surface area contributed by atoms with Crippen molar-refractivity contribution in [2.45, 2.75) is 124 Å². The Morgan fingerprint density at radius 2 is 1.34 bits per heavy atom. The first-order valence-electron chi connectivity index (χ1n) is 14.8. The van der Waals surface area contributed by atoms with Gasteiger partial charge in [-0.25, -0.2) is 4.79 Å². The minimum atomic E-state index is -1.04. The summed E-state index contributed by atoms with van der Waals surface area (Å²) in [6.07, 6.45) is 4.07. The highest BCUT2D eigenvalue weighted by Gasteiger charge is 2.25. The van der Waals surface area contributed by atoms with Gasteiger partial charge in [0.25, 0.3) is 0 Å². The molecule has 3 atom stereocenters. The van der Waals surface area contributed by atoms with Crippen molar-refractivity contribution in [2.24, 2.45) is 11.7 Å². The van der Waals surface area contributed by atoms with E-state index in [-0.39, 0.29) is 37.4 Å². The number of carbonyl (C=O) groups excluding carboxylic acids is 4. The number of esters is 3. The van der Waals surface area contributed by atoms with Crippen molar-refractivity contribution < 1.29 is 42.9 Å². The van der Waals surface area contributed by atoms with Crippen LogP contribution in [0.15, 0.2) is 18.2 Å². The third-order valence-corrected chi connectivity index (χ3v) is 6.34. The first-order chi connectivity index (χ1) is 19.5. The lowest BCUT2D eigenvalue weighted by atomic mass is 10.1. The summed E-state index contributed by atoms with van der Waals surface area (Å²) in [6, 6.07) is 3.68. The number of unbranched alkanes of at least 4 members (excludes halogenated alkanes) is 4. The zero-order chi connectivity index (χ0) is 30.8. The maximum atomic E-state index is 12.7. The molecule has 41 heavy (non-hydrogen) atoms. The predicted octanol–water partition coefficient (Wildman–Crippen LogP) is 6.05. The smallest absolute Gasteiger partial charge is 0.458 e. The first kappa shape index (κ1) is 35.9. The second kappa shape index (κ2) is 19.9. The van der Waals surface area contributed by atoms with Gasteiger partial charge >= 0.3 is 24.1 Å². The quantitative estimate of drug-likeness (QED) is 0.117. The van der Waals surface area contributed by atoms with Crippen LogP contribution in [0.3, 0.4) is 0 Å². The van der Waals surface area contributed by atoms with E-state index in [2.05, 4.69) is 0 Å². The zero-order valence-corrected chi connectivity index (χ0v) is 25.6. The molecule has 232 valence electrons. The molecular weight excluding hydrogens is 530 g/mol. The fourth-order valence-corrected chi connectivity index (χ4v) is 3.59. The second-order valence-electron chi connectivity index (χ2n) is 10.7. The van der Waals surface area contributed by atoms with Crippen LogP contribution in [-0.4, -0.2) is 48.9 Å². The molecule has 10 nitrogen and oxygen atoms in total. The van der Waals surface area contributed by atoms with Gasteiger partial charge in [-0.15, -0.1) is 0 Å². The molecule has 0 unspecified atom stereocenters. The Balaban J connectivity index is 2.82. The lowest BCUT2D eigenvalue weighted by molar-refractivity contribution is -0.155. The molecule has 1 aromatic carbocycles. The SMILES string of the molecule is CCCCCC(=O)Oc1ccc(C[C@H](N)C(=O)O[C@@H](C)[C@H](C)OC(=O)OCCC(C)C)cc1OC(=O)CCCCC. The summed E-state index contributed by atoms with van der Waals surface area (Å²) in [7, 11) is 0. The Morgan fingerprint density at radius 3 is 1.90 bits per heavy atom. The van der Waals surface area contributed by atoms with Crippen LogP contribution in [0.1, 0.15) is 105 Å². The molecule has 0 aliphatic carbocycles. The standard InChI is InChI=1S/C31H49NO9/c1-7-9-11-13-28(33)40-26-16-15-24(20-27(26)41-29(34)14-12-10-8-2)19-25(32)30(35)38-22(5)23(6)39-31(36)37-18-17-21(3)4/h15-16,20-23,25H,7-14,17-19,32H2,1-6H3/t22-,23-,25-/m0/s1. The van der Waals surface area contributed by atoms with Gasteiger partial charge in [-0.05, 0) is 63.1 Å². The van der Waals surface area contributed by atoms with E-state index in [4.69, 9.17) is 29.4 Å². The summed E-state index contributed by atoms with van der Waals surface area (Å²) in [4.78, 5) is 49.3. The Morgan fingerprint density at radius 1 is 0.780 bits per heavy atom. The fourth-order valence-electron chi connectivity index (χ4n) is 3.59. The van der Waals surface area contributed by atoms with Crippen molar-refractivity contribution in [2.75, 3.05) is 6.61 Å². The maximum Gasteiger partial charge on any atom is 0.508 e. The van der Waals surface area contributed by atoms with E-state index >= 15 is 0 Å². The lowest BCUT2D eigenvalue weighted by Crippen LogP contribution is -2.39. The number of benzene rings is 1. The van der Waals surface area contributed by atoms with Crippen LogP contribution in [-0.2, 0) is 35.0 Å². The first-order valence-corrected chi connectivity index (χ1v) is 14.8. The summed E-state index contributed by atoms with van der Waals surface area (Å²) in [6.45, 7) is 11.5. The zero-order valence-electron chi connectivity index (χ0n) is 25.6. The minimum absolute atomic E-state index is 0.0726. The van der Waals surface area contributed by atoms with Crippen molar-refractivity contribution >= 4 is 24.1 Å². The Labute approximate surface area is 244 Å². The average molecular weight is 580 g/mol. The molecule has 0 spiro atoms. The molecule has 0 fully saturated rings. The van der Waals surface area contributed by atoms with E-state index in [9.17, 15) is 19.2 Å². The van der Waals surface area contributed by atoms with Gasteiger partial charge in [-0.1, -0.05) is 59.4 Å². The summed E-state index contributed by atoms with van der Waals surface area (Å²) in [5.41, 5.74) is 6.70. The molecular formula is C31H49NO9. The number of rotatable bonds is 19. The number of ether oxygens (including phenoxy) is 5. The molecule has 0 amide bonds. The third-order valence-electron chi connectivity index (χ3n) is 6.34. The molecule has 0 saturated carbocycles. The van der Waals surface area contributed by atoms with Gasteiger partial charge in [0, 0.05) is 12.8 Å². The Hall–Kier alpha value is -3.14. The van der Waals surface area contributed by atoms with Crippen LogP contribution in [0.2, 0.25) is 0 Å². The second-order valence-corrected chi connectivity index (χ2v) is 10.7. The highest BCUT2D eigenvalue weighted by Crippen LogP contribution is 2.30. The Kier molecular flexibility index (Phi) is 17.4.